The van der Waals surface area contributed by atoms with Gasteiger partial charge < -0.3 is 31.7 Å². The molecule has 2 rings (SSSR count). The fourth-order valence-corrected chi connectivity index (χ4v) is 4.24. The summed E-state index contributed by atoms with van der Waals surface area (Å²) < 4.78 is 0. The summed E-state index contributed by atoms with van der Waals surface area (Å²) in [6, 6.07) is 6.68. The standard InChI is InChI=1S/C30H40N6O9/c1-19(2)15-21(29(44)33-17-24(38)31-13-6-14-36-26(40)10-11-27(36)41)35-30(45)22(16-20-7-4-3-5-8-20)34-25(39)18-32-23(37)9-12-28(42)43/h3-5,7-8,10-11,19,21-22H,6,9,12-18H2,1-2H3,(H,31,38)(H,32,37)(H,33,44)(H,34,39)(H,35,45)(H,42,43)/t21-,22-/m0/s1. The van der Waals surface area contributed by atoms with E-state index in [1.54, 1.807) is 30.3 Å². The lowest BCUT2D eigenvalue weighted by atomic mass is 10.0. The number of nitrogens with zero attached hydrogens (tertiary/aromatic N) is 1. The molecule has 0 bridgehead atoms. The number of hydrogen-bond donors (Lipinski definition) is 6. The van der Waals surface area contributed by atoms with Crippen molar-refractivity contribution in [3.8, 4) is 0 Å². The van der Waals surface area contributed by atoms with Crippen molar-refractivity contribution in [3.05, 3.63) is 48.0 Å². The Morgan fingerprint density at radius 3 is 2.02 bits per heavy atom. The first kappa shape index (κ1) is 36.1. The van der Waals surface area contributed by atoms with Gasteiger partial charge in [0.05, 0.1) is 19.5 Å². The van der Waals surface area contributed by atoms with Gasteiger partial charge in [-0.1, -0.05) is 44.2 Å². The lowest BCUT2D eigenvalue weighted by molar-refractivity contribution is -0.139. The van der Waals surface area contributed by atoms with Crippen LogP contribution in [0.3, 0.4) is 0 Å². The molecule has 1 aromatic carbocycles. The van der Waals surface area contributed by atoms with E-state index in [4.69, 9.17) is 5.11 Å². The third kappa shape index (κ3) is 13.8. The van der Waals surface area contributed by atoms with Crippen LogP contribution in [0.1, 0.15) is 45.1 Å². The van der Waals surface area contributed by atoms with Gasteiger partial charge in [-0.25, -0.2) is 0 Å². The summed E-state index contributed by atoms with van der Waals surface area (Å²) in [5, 5.41) is 21.3. The van der Waals surface area contributed by atoms with Crippen LogP contribution in [0.15, 0.2) is 42.5 Å². The van der Waals surface area contributed by atoms with Gasteiger partial charge in [0.25, 0.3) is 11.8 Å². The molecular weight excluding hydrogens is 588 g/mol. The molecule has 244 valence electrons. The van der Waals surface area contributed by atoms with E-state index in [-0.39, 0.29) is 44.8 Å². The van der Waals surface area contributed by atoms with Crippen molar-refractivity contribution in [2.45, 2.75) is 58.0 Å². The van der Waals surface area contributed by atoms with Crippen molar-refractivity contribution in [2.24, 2.45) is 5.92 Å². The Hall–Kier alpha value is -5.08. The molecule has 0 aromatic heterocycles. The summed E-state index contributed by atoms with van der Waals surface area (Å²) in [6.07, 6.45) is 2.28. The van der Waals surface area contributed by atoms with E-state index < -0.39 is 72.4 Å². The molecule has 0 saturated carbocycles. The van der Waals surface area contributed by atoms with Crippen LogP contribution in [0.2, 0.25) is 0 Å². The fourth-order valence-electron chi connectivity index (χ4n) is 4.24. The minimum atomic E-state index is -1.15. The Morgan fingerprint density at radius 2 is 1.40 bits per heavy atom. The van der Waals surface area contributed by atoms with E-state index in [1.807, 2.05) is 13.8 Å². The second-order valence-corrected chi connectivity index (χ2v) is 10.8. The fraction of sp³-hybridized carbons (Fsp3) is 0.467. The third-order valence-corrected chi connectivity index (χ3v) is 6.49. The summed E-state index contributed by atoms with van der Waals surface area (Å²) in [7, 11) is 0. The van der Waals surface area contributed by atoms with Crippen LogP contribution in [0.25, 0.3) is 0 Å². The topological polar surface area (TPSA) is 220 Å². The van der Waals surface area contributed by atoms with Crippen molar-refractivity contribution >= 4 is 47.3 Å². The van der Waals surface area contributed by atoms with Gasteiger partial charge in [-0.2, -0.15) is 0 Å². The molecule has 1 aromatic rings. The smallest absolute Gasteiger partial charge is 0.303 e. The van der Waals surface area contributed by atoms with E-state index in [0.717, 1.165) is 10.5 Å². The Kier molecular flexibility index (Phi) is 14.9. The zero-order chi connectivity index (χ0) is 33.4. The van der Waals surface area contributed by atoms with Gasteiger partial charge in [-0.05, 0) is 24.3 Å². The number of rotatable bonds is 19. The zero-order valence-electron chi connectivity index (χ0n) is 25.3. The SMILES string of the molecule is CC(C)C[C@H](NC(=O)[C@H](Cc1ccccc1)NC(=O)CNC(=O)CCC(=O)O)C(=O)NCC(=O)NCCCN1C(=O)C=CC1=O. The van der Waals surface area contributed by atoms with Crippen LogP contribution >= 0.6 is 0 Å². The highest BCUT2D eigenvalue weighted by Gasteiger charge is 2.28. The molecule has 0 spiro atoms. The highest BCUT2D eigenvalue weighted by Crippen LogP contribution is 2.08. The van der Waals surface area contributed by atoms with E-state index in [9.17, 15) is 38.4 Å². The van der Waals surface area contributed by atoms with Crippen molar-refractivity contribution < 1.29 is 43.5 Å². The Bertz CT molecular complexity index is 1260. The highest BCUT2D eigenvalue weighted by atomic mass is 16.4. The number of amides is 7. The van der Waals surface area contributed by atoms with Crippen molar-refractivity contribution in [1.29, 1.82) is 0 Å². The first-order valence-corrected chi connectivity index (χ1v) is 14.6. The second-order valence-electron chi connectivity index (χ2n) is 10.8. The molecule has 1 aliphatic heterocycles. The third-order valence-electron chi connectivity index (χ3n) is 6.49. The van der Waals surface area contributed by atoms with Crippen LogP contribution in [0, 0.1) is 5.92 Å². The van der Waals surface area contributed by atoms with Crippen LogP contribution in [-0.4, -0.2) is 95.6 Å². The van der Waals surface area contributed by atoms with Crippen molar-refractivity contribution in [2.75, 3.05) is 26.2 Å². The summed E-state index contributed by atoms with van der Waals surface area (Å²) in [4.78, 5) is 97.9. The van der Waals surface area contributed by atoms with Crippen LogP contribution in [0.4, 0.5) is 0 Å². The molecule has 1 heterocycles. The minimum absolute atomic E-state index is 0.0245. The molecule has 0 fully saturated rings. The monoisotopic (exact) mass is 628 g/mol. The molecule has 1 aliphatic rings. The van der Waals surface area contributed by atoms with Gasteiger partial charge in [0.1, 0.15) is 12.1 Å². The van der Waals surface area contributed by atoms with E-state index in [1.165, 1.54) is 12.2 Å². The van der Waals surface area contributed by atoms with Gasteiger partial charge in [-0.3, -0.25) is 43.3 Å². The number of carbonyl (C=O) groups is 8. The number of benzene rings is 1. The summed E-state index contributed by atoms with van der Waals surface area (Å²) in [5.74, 6) is -5.10. The normalized spacial score (nSPS) is 13.6. The summed E-state index contributed by atoms with van der Waals surface area (Å²) >= 11 is 0. The number of hydrogen-bond acceptors (Lipinski definition) is 8. The zero-order valence-corrected chi connectivity index (χ0v) is 25.3. The average Bonchev–Trinajstić information content (AvgIpc) is 3.31. The van der Waals surface area contributed by atoms with E-state index in [0.29, 0.717) is 6.42 Å². The molecule has 0 saturated heterocycles. The quantitative estimate of drug-likeness (QED) is 0.0797. The lowest BCUT2D eigenvalue weighted by Gasteiger charge is -2.24. The average molecular weight is 629 g/mol. The maximum Gasteiger partial charge on any atom is 0.303 e. The first-order chi connectivity index (χ1) is 21.3. The Labute approximate surface area is 260 Å². The molecule has 45 heavy (non-hydrogen) atoms. The maximum atomic E-state index is 13.4. The molecule has 6 N–H and O–H groups in total. The number of nitrogens with one attached hydrogen (secondary N) is 5. The molecule has 2 atom stereocenters. The molecule has 0 radical (unpaired) electrons. The molecule has 7 amide bonds. The molecule has 0 aliphatic carbocycles. The number of carboxylic acids is 1. The number of carboxylic acid groups (broad SMARTS) is 1. The van der Waals surface area contributed by atoms with Crippen LogP contribution in [0.5, 0.6) is 0 Å². The molecule has 0 unspecified atom stereocenters. The molecule has 15 heteroatoms. The number of carbonyl (C=O) groups excluding carboxylic acids is 7. The van der Waals surface area contributed by atoms with Gasteiger partial charge in [0.15, 0.2) is 0 Å². The second kappa shape index (κ2) is 18.6. The largest absolute Gasteiger partial charge is 0.481 e. The predicted octanol–water partition coefficient (Wildman–Crippen LogP) is -1.23. The van der Waals surface area contributed by atoms with Gasteiger partial charge in [-0.15, -0.1) is 0 Å². The van der Waals surface area contributed by atoms with Crippen LogP contribution < -0.4 is 26.6 Å². The van der Waals surface area contributed by atoms with Crippen LogP contribution in [-0.2, 0) is 44.8 Å². The van der Waals surface area contributed by atoms with Gasteiger partial charge in [0, 0.05) is 38.1 Å². The van der Waals surface area contributed by atoms with E-state index in [2.05, 4.69) is 26.6 Å². The number of aliphatic carboxylic acids is 1. The van der Waals surface area contributed by atoms with Crippen molar-refractivity contribution in [3.63, 3.8) is 0 Å². The van der Waals surface area contributed by atoms with Crippen molar-refractivity contribution in [1.82, 2.24) is 31.5 Å². The lowest BCUT2D eigenvalue weighted by Crippen LogP contribution is -2.56. The Balaban J connectivity index is 1.94. The number of imide groups is 1. The van der Waals surface area contributed by atoms with Gasteiger partial charge in [0.2, 0.25) is 29.5 Å². The minimum Gasteiger partial charge on any atom is -0.481 e. The maximum absolute atomic E-state index is 13.4. The highest BCUT2D eigenvalue weighted by molar-refractivity contribution is 6.12. The predicted molar refractivity (Wildman–Crippen MR) is 160 cm³/mol. The molecule has 15 nitrogen and oxygen atoms in total. The van der Waals surface area contributed by atoms with E-state index >= 15 is 0 Å². The van der Waals surface area contributed by atoms with Gasteiger partial charge >= 0.3 is 5.97 Å². The first-order valence-electron chi connectivity index (χ1n) is 14.6. The molecular formula is C30H40N6O9. The Morgan fingerprint density at radius 1 is 0.756 bits per heavy atom. The summed E-state index contributed by atoms with van der Waals surface area (Å²) in [6.45, 7) is 3.14. The summed E-state index contributed by atoms with van der Waals surface area (Å²) in [5.41, 5.74) is 0.722.